The van der Waals surface area contributed by atoms with Crippen molar-refractivity contribution in [3.05, 3.63) is 78.1 Å². The number of rotatable bonds is 11. The lowest BCUT2D eigenvalue weighted by molar-refractivity contribution is -0.119. The molecule has 0 saturated heterocycles. The number of anilines is 1. The van der Waals surface area contributed by atoms with E-state index in [-0.39, 0.29) is 22.9 Å². The average molecular weight is 503 g/mol. The molecule has 0 atom stereocenters. The number of para-hydroxylation sites is 1. The van der Waals surface area contributed by atoms with E-state index < -0.39 is 28.3 Å². The number of methoxy groups -OCH3 is 3. The number of carbonyl (C=O) groups is 1. The van der Waals surface area contributed by atoms with Gasteiger partial charge in [0.05, 0.1) is 31.9 Å². The van der Waals surface area contributed by atoms with Gasteiger partial charge in [-0.25, -0.2) is 12.8 Å². The summed E-state index contributed by atoms with van der Waals surface area (Å²) in [7, 11) is 0.0436. The van der Waals surface area contributed by atoms with E-state index in [2.05, 4.69) is 5.32 Å². The first-order valence-corrected chi connectivity index (χ1v) is 12.1. The molecule has 0 saturated carbocycles. The molecule has 0 fully saturated rings. The van der Waals surface area contributed by atoms with Crippen LogP contribution >= 0.6 is 0 Å². The van der Waals surface area contributed by atoms with Crippen molar-refractivity contribution in [2.24, 2.45) is 0 Å². The molecular weight excluding hydrogens is 475 g/mol. The summed E-state index contributed by atoms with van der Waals surface area (Å²) in [6, 6.07) is 16.8. The Hall–Kier alpha value is -3.79. The molecular formula is C25H27FN2O6S. The summed E-state index contributed by atoms with van der Waals surface area (Å²) in [6.45, 7) is -0.340. The number of halogens is 1. The van der Waals surface area contributed by atoms with Crippen LogP contribution in [0.15, 0.2) is 71.6 Å². The Balaban J connectivity index is 1.82. The molecule has 0 aliphatic rings. The Labute approximate surface area is 204 Å². The third kappa shape index (κ3) is 6.21. The van der Waals surface area contributed by atoms with Gasteiger partial charge in [0.15, 0.2) is 11.5 Å². The molecule has 3 aromatic carbocycles. The standard InChI is InChI=1S/C25H27FN2O6S/c1-32-19-10-8-18(9-11-19)14-15-27-25(29)17-28(22-7-5-4-6-21(22)26)35(30,31)20-12-13-23(33-2)24(16-20)34-3/h4-13,16H,14-15,17H2,1-3H3,(H,27,29). The first kappa shape index (κ1) is 25.8. The molecule has 0 aromatic heterocycles. The lowest BCUT2D eigenvalue weighted by Gasteiger charge is -2.25. The number of ether oxygens (including phenoxy) is 3. The minimum Gasteiger partial charge on any atom is -0.497 e. The Bertz CT molecular complexity index is 1270. The number of sulfonamides is 1. The maximum absolute atomic E-state index is 14.6. The zero-order valence-electron chi connectivity index (χ0n) is 19.7. The second-order valence-corrected chi connectivity index (χ2v) is 9.29. The molecule has 3 rings (SSSR count). The van der Waals surface area contributed by atoms with E-state index in [1.807, 2.05) is 24.3 Å². The number of nitrogens with one attached hydrogen (secondary N) is 1. The van der Waals surface area contributed by atoms with E-state index in [4.69, 9.17) is 14.2 Å². The number of hydrogen-bond donors (Lipinski definition) is 1. The van der Waals surface area contributed by atoms with E-state index in [0.29, 0.717) is 12.2 Å². The maximum Gasteiger partial charge on any atom is 0.265 e. The van der Waals surface area contributed by atoms with Crippen LogP contribution in [0.25, 0.3) is 0 Å². The molecule has 0 spiro atoms. The molecule has 1 N–H and O–H groups in total. The lowest BCUT2D eigenvalue weighted by atomic mass is 10.1. The van der Waals surface area contributed by atoms with Gasteiger partial charge in [0.25, 0.3) is 10.0 Å². The van der Waals surface area contributed by atoms with Gasteiger partial charge in [-0.15, -0.1) is 0 Å². The average Bonchev–Trinajstić information content (AvgIpc) is 2.87. The van der Waals surface area contributed by atoms with Crippen LogP contribution in [0.4, 0.5) is 10.1 Å². The van der Waals surface area contributed by atoms with Crippen molar-refractivity contribution in [3.63, 3.8) is 0 Å². The summed E-state index contributed by atoms with van der Waals surface area (Å²) in [6.07, 6.45) is 0.526. The van der Waals surface area contributed by atoms with E-state index in [0.717, 1.165) is 21.7 Å². The van der Waals surface area contributed by atoms with E-state index in [1.165, 1.54) is 50.6 Å². The monoisotopic (exact) mass is 502 g/mol. The Morgan fingerprint density at radius 3 is 2.23 bits per heavy atom. The Morgan fingerprint density at radius 2 is 1.60 bits per heavy atom. The fourth-order valence-electron chi connectivity index (χ4n) is 3.38. The molecule has 1 amide bonds. The van der Waals surface area contributed by atoms with Crippen LogP contribution < -0.4 is 23.8 Å². The highest BCUT2D eigenvalue weighted by molar-refractivity contribution is 7.92. The van der Waals surface area contributed by atoms with Crippen LogP contribution in [0.3, 0.4) is 0 Å². The number of hydrogen-bond acceptors (Lipinski definition) is 6. The summed E-state index contributed by atoms with van der Waals surface area (Å²) < 4.78 is 57.9. The Kier molecular flexibility index (Phi) is 8.53. The maximum atomic E-state index is 14.6. The van der Waals surface area contributed by atoms with Crippen molar-refractivity contribution in [1.82, 2.24) is 5.32 Å². The van der Waals surface area contributed by atoms with Gasteiger partial charge in [-0.3, -0.25) is 9.10 Å². The lowest BCUT2D eigenvalue weighted by Crippen LogP contribution is -2.41. The molecule has 35 heavy (non-hydrogen) atoms. The van der Waals surface area contributed by atoms with Crippen LogP contribution in [-0.2, 0) is 21.2 Å². The molecule has 0 bridgehead atoms. The quantitative estimate of drug-likeness (QED) is 0.432. The van der Waals surface area contributed by atoms with E-state index in [9.17, 15) is 17.6 Å². The summed E-state index contributed by atoms with van der Waals surface area (Å²) in [5, 5.41) is 2.70. The molecule has 0 aliphatic carbocycles. The van der Waals surface area contributed by atoms with Gasteiger partial charge < -0.3 is 19.5 Å². The van der Waals surface area contributed by atoms with Gasteiger partial charge in [-0.05, 0) is 48.4 Å². The fourth-order valence-corrected chi connectivity index (χ4v) is 4.83. The van der Waals surface area contributed by atoms with E-state index >= 15 is 0 Å². The highest BCUT2D eigenvalue weighted by Gasteiger charge is 2.30. The van der Waals surface area contributed by atoms with Crippen molar-refractivity contribution in [1.29, 1.82) is 0 Å². The summed E-state index contributed by atoms with van der Waals surface area (Å²) in [5.41, 5.74) is 0.725. The van der Waals surface area contributed by atoms with Crippen molar-refractivity contribution in [2.45, 2.75) is 11.3 Å². The predicted octanol–water partition coefficient (Wildman–Crippen LogP) is 3.41. The van der Waals surface area contributed by atoms with Gasteiger partial charge in [0, 0.05) is 12.6 Å². The molecule has 0 aliphatic heterocycles. The number of amides is 1. The molecule has 8 nitrogen and oxygen atoms in total. The van der Waals surface area contributed by atoms with Crippen molar-refractivity contribution >= 4 is 21.6 Å². The van der Waals surface area contributed by atoms with Crippen LogP contribution in [0, 0.1) is 5.82 Å². The van der Waals surface area contributed by atoms with E-state index in [1.54, 1.807) is 7.11 Å². The highest BCUT2D eigenvalue weighted by atomic mass is 32.2. The van der Waals surface area contributed by atoms with Crippen molar-refractivity contribution < 1.29 is 31.8 Å². The number of nitrogens with zero attached hydrogens (tertiary/aromatic N) is 1. The normalized spacial score (nSPS) is 11.0. The van der Waals surface area contributed by atoms with Gasteiger partial charge in [0.1, 0.15) is 18.1 Å². The largest absolute Gasteiger partial charge is 0.497 e. The molecule has 3 aromatic rings. The third-order valence-corrected chi connectivity index (χ3v) is 7.00. The Morgan fingerprint density at radius 1 is 0.914 bits per heavy atom. The predicted molar refractivity (Wildman–Crippen MR) is 130 cm³/mol. The second-order valence-electron chi connectivity index (χ2n) is 7.43. The van der Waals surface area contributed by atoms with Crippen LogP contribution in [-0.4, -0.2) is 48.7 Å². The topological polar surface area (TPSA) is 94.2 Å². The first-order valence-electron chi connectivity index (χ1n) is 10.7. The molecule has 0 unspecified atom stereocenters. The molecule has 10 heteroatoms. The fraction of sp³-hybridized carbons (Fsp3) is 0.240. The molecule has 0 radical (unpaired) electrons. The number of benzene rings is 3. The van der Waals surface area contributed by atoms with Gasteiger partial charge >= 0.3 is 0 Å². The first-order chi connectivity index (χ1) is 16.8. The van der Waals surface area contributed by atoms with Crippen molar-refractivity contribution in [2.75, 3.05) is 38.7 Å². The van der Waals surface area contributed by atoms with Gasteiger partial charge in [0.2, 0.25) is 5.91 Å². The highest BCUT2D eigenvalue weighted by Crippen LogP contribution is 2.32. The van der Waals surface area contributed by atoms with Gasteiger partial charge in [-0.2, -0.15) is 0 Å². The van der Waals surface area contributed by atoms with Crippen LogP contribution in [0.5, 0.6) is 17.2 Å². The van der Waals surface area contributed by atoms with Crippen LogP contribution in [0.1, 0.15) is 5.56 Å². The molecule has 0 heterocycles. The minimum absolute atomic E-state index is 0.176. The molecule has 186 valence electrons. The third-order valence-electron chi connectivity index (χ3n) is 5.25. The van der Waals surface area contributed by atoms with Gasteiger partial charge in [-0.1, -0.05) is 24.3 Å². The number of carbonyl (C=O) groups excluding carboxylic acids is 1. The second kappa shape index (κ2) is 11.6. The zero-order chi connectivity index (χ0) is 25.4. The van der Waals surface area contributed by atoms with Crippen LogP contribution in [0.2, 0.25) is 0 Å². The minimum atomic E-state index is -4.33. The smallest absolute Gasteiger partial charge is 0.265 e. The zero-order valence-corrected chi connectivity index (χ0v) is 20.5. The summed E-state index contributed by atoms with van der Waals surface area (Å²) in [5.74, 6) is -0.113. The summed E-state index contributed by atoms with van der Waals surface area (Å²) in [4.78, 5) is 12.5. The van der Waals surface area contributed by atoms with Crippen molar-refractivity contribution in [3.8, 4) is 17.2 Å². The SMILES string of the molecule is COc1ccc(CCNC(=O)CN(c2ccccc2F)S(=O)(=O)c2ccc(OC)c(OC)c2)cc1. The summed E-state index contributed by atoms with van der Waals surface area (Å²) >= 11 is 0.